The van der Waals surface area contributed by atoms with E-state index in [1.54, 1.807) is 67.6 Å². The number of ether oxygens (including phenoxy) is 3. The lowest BCUT2D eigenvalue weighted by molar-refractivity contribution is 0.0522. The molecule has 0 aliphatic rings. The van der Waals surface area contributed by atoms with E-state index >= 15 is 0 Å². The molecule has 7 heteroatoms. The van der Waals surface area contributed by atoms with Crippen molar-refractivity contribution in [3.63, 3.8) is 0 Å². The third-order valence-electron chi connectivity index (χ3n) is 4.16. The van der Waals surface area contributed by atoms with Crippen LogP contribution < -0.4 is 14.8 Å². The van der Waals surface area contributed by atoms with Gasteiger partial charge >= 0.3 is 5.97 Å². The van der Waals surface area contributed by atoms with Crippen molar-refractivity contribution in [3.05, 3.63) is 78.0 Å². The largest absolute Gasteiger partial charge is 0.494 e. The van der Waals surface area contributed by atoms with Crippen molar-refractivity contribution in [1.82, 2.24) is 4.98 Å². The quantitative estimate of drug-likeness (QED) is 0.485. The molecule has 1 N–H and O–H groups in total. The van der Waals surface area contributed by atoms with Gasteiger partial charge in [-0.05, 0) is 61.9 Å². The van der Waals surface area contributed by atoms with E-state index in [4.69, 9.17) is 14.2 Å². The lowest BCUT2D eigenvalue weighted by Gasteiger charge is -2.11. The minimum absolute atomic E-state index is 0.132. The molecule has 7 nitrogen and oxygen atoms in total. The molecule has 1 amide bonds. The second-order valence-electron chi connectivity index (χ2n) is 6.53. The van der Waals surface area contributed by atoms with E-state index in [1.807, 2.05) is 6.92 Å². The highest BCUT2D eigenvalue weighted by molar-refractivity contribution is 6.04. The number of aromatic nitrogens is 1. The number of carbonyl (C=O) groups excluding carboxylic acids is 2. The molecule has 160 valence electrons. The van der Waals surface area contributed by atoms with E-state index in [1.165, 1.54) is 6.20 Å². The van der Waals surface area contributed by atoms with Crippen molar-refractivity contribution in [3.8, 4) is 17.4 Å². The number of rotatable bonds is 9. The van der Waals surface area contributed by atoms with Gasteiger partial charge in [0.05, 0.1) is 13.2 Å². The van der Waals surface area contributed by atoms with Gasteiger partial charge in [-0.3, -0.25) is 4.79 Å². The van der Waals surface area contributed by atoms with Crippen molar-refractivity contribution in [2.45, 2.75) is 20.3 Å². The molecule has 3 rings (SSSR count). The molecule has 0 aliphatic carbocycles. The number of amides is 1. The standard InChI is InChI=1S/C24H24N2O5/c1-3-15-30-19-12-10-17(11-13-19)22(27)26-18-7-5-8-20(16-18)31-23-21(9-6-14-25-23)24(28)29-4-2/h5-14,16H,3-4,15H2,1-2H3,(H,26,27). The summed E-state index contributed by atoms with van der Waals surface area (Å²) in [7, 11) is 0. The molecule has 31 heavy (non-hydrogen) atoms. The molecule has 0 atom stereocenters. The fourth-order valence-electron chi connectivity index (χ4n) is 2.71. The predicted octanol–water partition coefficient (Wildman–Crippen LogP) is 5.09. The fourth-order valence-corrected chi connectivity index (χ4v) is 2.71. The number of carbonyl (C=O) groups is 2. The van der Waals surface area contributed by atoms with Gasteiger partial charge in [0.25, 0.3) is 5.91 Å². The van der Waals surface area contributed by atoms with Gasteiger partial charge in [0.15, 0.2) is 0 Å². The predicted molar refractivity (Wildman–Crippen MR) is 117 cm³/mol. The van der Waals surface area contributed by atoms with Gasteiger partial charge in [0, 0.05) is 23.5 Å². The van der Waals surface area contributed by atoms with Crippen molar-refractivity contribution in [2.24, 2.45) is 0 Å². The molecule has 1 aromatic heterocycles. The molecule has 0 unspecified atom stereocenters. The Morgan fingerprint density at radius 1 is 0.968 bits per heavy atom. The average Bonchev–Trinajstić information content (AvgIpc) is 2.79. The van der Waals surface area contributed by atoms with Crippen LogP contribution in [0, 0.1) is 0 Å². The summed E-state index contributed by atoms with van der Waals surface area (Å²) in [6.07, 6.45) is 2.44. The second kappa shape index (κ2) is 10.8. The van der Waals surface area contributed by atoms with Gasteiger partial charge in [0.2, 0.25) is 5.88 Å². The normalized spacial score (nSPS) is 10.3. The highest BCUT2D eigenvalue weighted by atomic mass is 16.5. The van der Waals surface area contributed by atoms with Crippen LogP contribution in [0.5, 0.6) is 17.4 Å². The van der Waals surface area contributed by atoms with Crippen molar-refractivity contribution < 1.29 is 23.8 Å². The first-order valence-corrected chi connectivity index (χ1v) is 10.0. The summed E-state index contributed by atoms with van der Waals surface area (Å²) in [4.78, 5) is 28.8. The van der Waals surface area contributed by atoms with E-state index in [-0.39, 0.29) is 24.0 Å². The van der Waals surface area contributed by atoms with E-state index in [9.17, 15) is 9.59 Å². The summed E-state index contributed by atoms with van der Waals surface area (Å²) in [5.41, 5.74) is 1.27. The molecule has 1 heterocycles. The Morgan fingerprint density at radius 2 is 1.77 bits per heavy atom. The zero-order valence-electron chi connectivity index (χ0n) is 17.5. The third kappa shape index (κ3) is 6.05. The smallest absolute Gasteiger partial charge is 0.343 e. The van der Waals surface area contributed by atoms with Crippen LogP contribution in [0.15, 0.2) is 66.9 Å². The summed E-state index contributed by atoms with van der Waals surface area (Å²) >= 11 is 0. The van der Waals surface area contributed by atoms with Crippen molar-refractivity contribution in [2.75, 3.05) is 18.5 Å². The van der Waals surface area contributed by atoms with Gasteiger partial charge in [-0.1, -0.05) is 13.0 Å². The molecule has 0 radical (unpaired) electrons. The van der Waals surface area contributed by atoms with E-state index in [2.05, 4.69) is 10.3 Å². The Morgan fingerprint density at radius 3 is 2.52 bits per heavy atom. The van der Waals surface area contributed by atoms with Crippen LogP contribution in [0.2, 0.25) is 0 Å². The van der Waals surface area contributed by atoms with Gasteiger partial charge in [-0.15, -0.1) is 0 Å². The van der Waals surface area contributed by atoms with Crippen LogP contribution in [0.25, 0.3) is 0 Å². The maximum absolute atomic E-state index is 12.6. The minimum atomic E-state index is -0.513. The van der Waals surface area contributed by atoms with Crippen LogP contribution in [0.3, 0.4) is 0 Å². The number of esters is 1. The zero-order chi connectivity index (χ0) is 22.1. The number of hydrogen-bond donors (Lipinski definition) is 1. The minimum Gasteiger partial charge on any atom is -0.494 e. The fraction of sp³-hybridized carbons (Fsp3) is 0.208. The SMILES string of the molecule is CCCOc1ccc(C(=O)Nc2cccc(Oc3ncccc3C(=O)OCC)c2)cc1. The lowest BCUT2D eigenvalue weighted by atomic mass is 10.2. The molecular weight excluding hydrogens is 396 g/mol. The summed E-state index contributed by atoms with van der Waals surface area (Å²) in [5.74, 6) is 0.504. The molecule has 0 spiro atoms. The molecule has 0 bridgehead atoms. The Balaban J connectivity index is 1.70. The lowest BCUT2D eigenvalue weighted by Crippen LogP contribution is -2.12. The van der Waals surface area contributed by atoms with Crippen molar-refractivity contribution in [1.29, 1.82) is 0 Å². The van der Waals surface area contributed by atoms with E-state index in [0.29, 0.717) is 23.6 Å². The first-order valence-electron chi connectivity index (χ1n) is 10.0. The molecule has 0 fully saturated rings. The summed E-state index contributed by atoms with van der Waals surface area (Å²) < 4.78 is 16.4. The maximum atomic E-state index is 12.6. The number of hydrogen-bond acceptors (Lipinski definition) is 6. The highest BCUT2D eigenvalue weighted by Gasteiger charge is 2.15. The van der Waals surface area contributed by atoms with E-state index in [0.717, 1.165) is 12.2 Å². The van der Waals surface area contributed by atoms with Crippen LogP contribution >= 0.6 is 0 Å². The molecule has 0 aliphatic heterocycles. The first-order chi connectivity index (χ1) is 15.1. The number of nitrogens with one attached hydrogen (secondary N) is 1. The average molecular weight is 420 g/mol. The molecular formula is C24H24N2O5. The molecule has 3 aromatic rings. The maximum Gasteiger partial charge on any atom is 0.343 e. The van der Waals surface area contributed by atoms with E-state index < -0.39 is 5.97 Å². The first kappa shape index (κ1) is 21.8. The molecule has 0 saturated heterocycles. The van der Waals surface area contributed by atoms with Crippen LogP contribution in [-0.4, -0.2) is 30.1 Å². The summed E-state index contributed by atoms with van der Waals surface area (Å²) in [5, 5.41) is 2.83. The van der Waals surface area contributed by atoms with Crippen LogP contribution in [-0.2, 0) is 4.74 Å². The summed E-state index contributed by atoms with van der Waals surface area (Å²) in [6.45, 7) is 4.64. The Hall–Kier alpha value is -3.87. The zero-order valence-corrected chi connectivity index (χ0v) is 17.5. The number of anilines is 1. The number of nitrogens with zero attached hydrogens (tertiary/aromatic N) is 1. The Kier molecular flexibility index (Phi) is 7.59. The van der Waals surface area contributed by atoms with Gasteiger partial charge in [-0.25, -0.2) is 9.78 Å². The summed E-state index contributed by atoms with van der Waals surface area (Å²) in [6, 6.07) is 17.0. The molecule has 0 saturated carbocycles. The van der Waals surface area contributed by atoms with Crippen LogP contribution in [0.4, 0.5) is 5.69 Å². The number of benzene rings is 2. The van der Waals surface area contributed by atoms with Gasteiger partial charge in [0.1, 0.15) is 17.1 Å². The molecule has 2 aromatic carbocycles. The number of pyridine rings is 1. The van der Waals surface area contributed by atoms with Gasteiger partial charge < -0.3 is 19.5 Å². The Bertz CT molecular complexity index is 1030. The van der Waals surface area contributed by atoms with Gasteiger partial charge in [-0.2, -0.15) is 0 Å². The topological polar surface area (TPSA) is 86.8 Å². The highest BCUT2D eigenvalue weighted by Crippen LogP contribution is 2.26. The van der Waals surface area contributed by atoms with Crippen LogP contribution in [0.1, 0.15) is 41.0 Å². The monoisotopic (exact) mass is 420 g/mol. The third-order valence-corrected chi connectivity index (χ3v) is 4.16. The Labute approximate surface area is 181 Å². The second-order valence-corrected chi connectivity index (χ2v) is 6.53. The van der Waals surface area contributed by atoms with Crippen molar-refractivity contribution >= 4 is 17.6 Å².